The molecule has 82 valence electrons. The van der Waals surface area contributed by atoms with E-state index >= 15 is 0 Å². The molecular formula is C10H14FN3O. The second kappa shape index (κ2) is 4.00. The summed E-state index contributed by atoms with van der Waals surface area (Å²) in [5.74, 6) is -0.172. The second-order valence-electron chi connectivity index (χ2n) is 3.92. The maximum Gasteiger partial charge on any atom is 0.269 e. The molecule has 1 amide bonds. The molecule has 1 N–H and O–H groups in total. The predicted molar refractivity (Wildman–Crippen MR) is 53.2 cm³/mol. The quantitative estimate of drug-likeness (QED) is 0.794. The van der Waals surface area contributed by atoms with Crippen molar-refractivity contribution in [3.63, 3.8) is 0 Å². The fourth-order valence-corrected chi connectivity index (χ4v) is 1.91. The number of carbonyl (C=O) groups is 1. The Morgan fingerprint density at radius 2 is 2.47 bits per heavy atom. The Bertz CT molecular complexity index is 363. The molecule has 0 radical (unpaired) electrons. The fraction of sp³-hybridized carbons (Fsp3) is 0.600. The average Bonchev–Trinajstić information content (AvgIpc) is 2.75. The highest BCUT2D eigenvalue weighted by Gasteiger charge is 2.26. The van der Waals surface area contributed by atoms with Gasteiger partial charge in [-0.15, -0.1) is 0 Å². The lowest BCUT2D eigenvalue weighted by molar-refractivity contribution is 0.0927. The minimum absolute atomic E-state index is 0.0256. The third-order valence-corrected chi connectivity index (χ3v) is 2.76. The molecule has 15 heavy (non-hydrogen) atoms. The van der Waals surface area contributed by atoms with Crippen LogP contribution in [0.4, 0.5) is 4.39 Å². The van der Waals surface area contributed by atoms with Crippen LogP contribution in [-0.4, -0.2) is 27.9 Å². The molecule has 0 spiro atoms. The summed E-state index contributed by atoms with van der Waals surface area (Å²) in [5, 5.41) is 6.72. The van der Waals surface area contributed by atoms with Gasteiger partial charge in [0.1, 0.15) is 11.9 Å². The first kappa shape index (κ1) is 10.1. The standard InChI is InChI=1S/C10H14FN3O/c1-14-9(4-5-12-14)10(15)13-8-3-2-7(11)6-8/h4-5,7-8H,2-3,6H2,1H3,(H,13,15). The van der Waals surface area contributed by atoms with Crippen LogP contribution in [0.3, 0.4) is 0 Å². The van der Waals surface area contributed by atoms with Gasteiger partial charge in [0.2, 0.25) is 0 Å². The van der Waals surface area contributed by atoms with Crippen molar-refractivity contribution >= 4 is 5.91 Å². The van der Waals surface area contributed by atoms with Crippen LogP contribution in [-0.2, 0) is 7.05 Å². The summed E-state index contributed by atoms with van der Waals surface area (Å²) in [6.45, 7) is 0. The maximum atomic E-state index is 12.9. The minimum Gasteiger partial charge on any atom is -0.348 e. The zero-order valence-electron chi connectivity index (χ0n) is 8.61. The van der Waals surface area contributed by atoms with Crippen LogP contribution in [0.2, 0.25) is 0 Å². The zero-order valence-corrected chi connectivity index (χ0v) is 8.61. The molecule has 1 heterocycles. The van der Waals surface area contributed by atoms with Gasteiger partial charge in [-0.05, 0) is 25.3 Å². The summed E-state index contributed by atoms with van der Waals surface area (Å²) >= 11 is 0. The highest BCUT2D eigenvalue weighted by molar-refractivity contribution is 5.92. The normalized spacial score (nSPS) is 25.5. The number of hydrogen-bond acceptors (Lipinski definition) is 2. The third kappa shape index (κ3) is 2.16. The largest absolute Gasteiger partial charge is 0.348 e. The van der Waals surface area contributed by atoms with Gasteiger partial charge in [-0.1, -0.05) is 0 Å². The number of hydrogen-bond donors (Lipinski definition) is 1. The van der Waals surface area contributed by atoms with Crippen LogP contribution >= 0.6 is 0 Å². The van der Waals surface area contributed by atoms with Crippen LogP contribution in [0.1, 0.15) is 29.8 Å². The first-order valence-corrected chi connectivity index (χ1v) is 5.10. The van der Waals surface area contributed by atoms with E-state index in [0.29, 0.717) is 18.5 Å². The molecule has 1 fully saturated rings. The van der Waals surface area contributed by atoms with Crippen LogP contribution in [0, 0.1) is 0 Å². The summed E-state index contributed by atoms with van der Waals surface area (Å²) in [4.78, 5) is 11.7. The number of amides is 1. The molecule has 5 heteroatoms. The molecule has 0 aliphatic heterocycles. The third-order valence-electron chi connectivity index (χ3n) is 2.76. The molecule has 1 aliphatic carbocycles. The zero-order chi connectivity index (χ0) is 10.8. The number of halogens is 1. The predicted octanol–water partition coefficient (Wildman–Crippen LogP) is 1.04. The molecule has 0 aromatic carbocycles. The Morgan fingerprint density at radius 3 is 3.00 bits per heavy atom. The molecule has 0 saturated heterocycles. The van der Waals surface area contributed by atoms with Crippen molar-refractivity contribution in [1.82, 2.24) is 15.1 Å². The molecule has 0 bridgehead atoms. The summed E-state index contributed by atoms with van der Waals surface area (Å²) in [6.07, 6.45) is 2.52. The highest BCUT2D eigenvalue weighted by Crippen LogP contribution is 2.21. The Kier molecular flexibility index (Phi) is 2.70. The van der Waals surface area contributed by atoms with Gasteiger partial charge >= 0.3 is 0 Å². The van der Waals surface area contributed by atoms with E-state index in [4.69, 9.17) is 0 Å². The molecule has 1 aromatic rings. The summed E-state index contributed by atoms with van der Waals surface area (Å²) in [6, 6.07) is 1.62. The molecule has 4 nitrogen and oxygen atoms in total. The monoisotopic (exact) mass is 211 g/mol. The van der Waals surface area contributed by atoms with E-state index in [1.165, 1.54) is 4.68 Å². The summed E-state index contributed by atoms with van der Waals surface area (Å²) in [7, 11) is 1.71. The maximum absolute atomic E-state index is 12.9. The first-order valence-electron chi connectivity index (χ1n) is 5.10. The van der Waals surface area contributed by atoms with Crippen molar-refractivity contribution in [3.05, 3.63) is 18.0 Å². The summed E-state index contributed by atoms with van der Waals surface area (Å²) < 4.78 is 14.4. The van der Waals surface area contributed by atoms with Gasteiger partial charge in [0, 0.05) is 19.3 Å². The lowest BCUT2D eigenvalue weighted by Crippen LogP contribution is -2.34. The van der Waals surface area contributed by atoms with E-state index in [0.717, 1.165) is 6.42 Å². The number of nitrogens with one attached hydrogen (secondary N) is 1. The van der Waals surface area contributed by atoms with E-state index in [9.17, 15) is 9.18 Å². The van der Waals surface area contributed by atoms with E-state index in [1.807, 2.05) is 0 Å². The number of aryl methyl sites for hydroxylation is 1. The van der Waals surface area contributed by atoms with Gasteiger partial charge in [0.05, 0.1) is 0 Å². The van der Waals surface area contributed by atoms with E-state index in [1.54, 1.807) is 19.3 Å². The molecule has 1 aromatic heterocycles. The number of aromatic nitrogens is 2. The van der Waals surface area contributed by atoms with Crippen molar-refractivity contribution < 1.29 is 9.18 Å². The molecular weight excluding hydrogens is 197 g/mol. The fourth-order valence-electron chi connectivity index (χ4n) is 1.91. The Morgan fingerprint density at radius 1 is 1.67 bits per heavy atom. The lowest BCUT2D eigenvalue weighted by Gasteiger charge is -2.11. The van der Waals surface area contributed by atoms with Gasteiger partial charge in [-0.25, -0.2) is 4.39 Å². The number of rotatable bonds is 2. The first-order chi connectivity index (χ1) is 7.16. The van der Waals surface area contributed by atoms with Gasteiger partial charge in [-0.3, -0.25) is 9.48 Å². The van der Waals surface area contributed by atoms with E-state index in [2.05, 4.69) is 10.4 Å². The second-order valence-corrected chi connectivity index (χ2v) is 3.92. The van der Waals surface area contributed by atoms with Crippen LogP contribution in [0.25, 0.3) is 0 Å². The molecule has 1 saturated carbocycles. The van der Waals surface area contributed by atoms with Gasteiger partial charge < -0.3 is 5.32 Å². The van der Waals surface area contributed by atoms with E-state index < -0.39 is 6.17 Å². The van der Waals surface area contributed by atoms with Crippen molar-refractivity contribution in [2.45, 2.75) is 31.5 Å². The van der Waals surface area contributed by atoms with E-state index in [-0.39, 0.29) is 11.9 Å². The Hall–Kier alpha value is -1.39. The molecule has 2 rings (SSSR count). The lowest BCUT2D eigenvalue weighted by atomic mass is 10.2. The van der Waals surface area contributed by atoms with Crippen molar-refractivity contribution in [1.29, 1.82) is 0 Å². The Labute approximate surface area is 87.5 Å². The summed E-state index contributed by atoms with van der Waals surface area (Å²) in [5.41, 5.74) is 0.511. The Balaban J connectivity index is 1.96. The van der Waals surface area contributed by atoms with Crippen LogP contribution in [0.15, 0.2) is 12.3 Å². The van der Waals surface area contributed by atoms with Gasteiger partial charge in [0.15, 0.2) is 0 Å². The topological polar surface area (TPSA) is 46.9 Å². The minimum atomic E-state index is -0.762. The molecule has 2 unspecified atom stereocenters. The van der Waals surface area contributed by atoms with Crippen molar-refractivity contribution in [2.24, 2.45) is 7.05 Å². The number of alkyl halides is 1. The SMILES string of the molecule is Cn1nccc1C(=O)NC1CCC(F)C1. The molecule has 1 aliphatic rings. The van der Waals surface area contributed by atoms with Crippen molar-refractivity contribution in [2.75, 3.05) is 0 Å². The number of carbonyl (C=O) groups excluding carboxylic acids is 1. The molecule has 2 atom stereocenters. The smallest absolute Gasteiger partial charge is 0.269 e. The van der Waals surface area contributed by atoms with Gasteiger partial charge in [-0.2, -0.15) is 5.10 Å². The highest BCUT2D eigenvalue weighted by atomic mass is 19.1. The van der Waals surface area contributed by atoms with Crippen molar-refractivity contribution in [3.8, 4) is 0 Å². The number of nitrogens with zero attached hydrogens (tertiary/aromatic N) is 2. The van der Waals surface area contributed by atoms with Crippen LogP contribution < -0.4 is 5.32 Å². The van der Waals surface area contributed by atoms with Crippen LogP contribution in [0.5, 0.6) is 0 Å². The van der Waals surface area contributed by atoms with Gasteiger partial charge in [0.25, 0.3) is 5.91 Å². The average molecular weight is 211 g/mol.